The topological polar surface area (TPSA) is 28.2 Å². The van der Waals surface area contributed by atoms with Crippen molar-refractivity contribution < 1.29 is 13.2 Å². The van der Waals surface area contributed by atoms with Crippen molar-refractivity contribution >= 4 is 21.7 Å². The fraction of sp³-hybridized carbons (Fsp3) is 0.643. The van der Waals surface area contributed by atoms with Crippen molar-refractivity contribution in [3.8, 4) is 0 Å². The third-order valence-corrected chi connectivity index (χ3v) is 4.19. The average Bonchev–Trinajstić information content (AvgIpc) is 2.41. The Morgan fingerprint density at radius 3 is 2.67 bits per heavy atom. The van der Waals surface area contributed by atoms with E-state index in [-0.39, 0.29) is 5.82 Å². The van der Waals surface area contributed by atoms with Crippen LogP contribution < -0.4 is 5.32 Å². The maximum Gasteiger partial charge on any atom is 0.419 e. The maximum absolute atomic E-state index is 12.9. The summed E-state index contributed by atoms with van der Waals surface area (Å²) in [6.07, 6.45) is -0.714. The van der Waals surface area contributed by atoms with E-state index in [1.807, 2.05) is 0 Å². The third-order valence-electron chi connectivity index (χ3n) is 3.76. The normalized spacial score (nSPS) is 18.0. The fourth-order valence-corrected chi connectivity index (χ4v) is 2.75. The molecule has 1 aliphatic rings. The van der Waals surface area contributed by atoms with Crippen LogP contribution >= 0.6 is 15.9 Å². The third kappa shape index (κ3) is 4.85. The lowest BCUT2D eigenvalue weighted by Gasteiger charge is -2.30. The Bertz CT molecular complexity index is 471. The Morgan fingerprint density at radius 2 is 2.05 bits per heavy atom. The van der Waals surface area contributed by atoms with E-state index in [0.29, 0.717) is 11.0 Å². The van der Waals surface area contributed by atoms with E-state index in [1.165, 1.54) is 6.20 Å². The summed E-state index contributed by atoms with van der Waals surface area (Å²) in [5, 5.41) is 2.81. The highest BCUT2D eigenvalue weighted by atomic mass is 79.9. The molecule has 21 heavy (non-hydrogen) atoms. The van der Waals surface area contributed by atoms with Crippen molar-refractivity contribution in [2.45, 2.75) is 25.9 Å². The van der Waals surface area contributed by atoms with Crippen molar-refractivity contribution in [2.75, 3.05) is 31.5 Å². The van der Waals surface area contributed by atoms with Gasteiger partial charge < -0.3 is 10.2 Å². The molecule has 3 nitrogen and oxygen atoms in total. The lowest BCUT2D eigenvalue weighted by molar-refractivity contribution is -0.137. The van der Waals surface area contributed by atoms with Gasteiger partial charge in [0.25, 0.3) is 0 Å². The second-order valence-corrected chi connectivity index (χ2v) is 6.41. The van der Waals surface area contributed by atoms with Crippen LogP contribution in [0.1, 0.15) is 25.3 Å². The monoisotopic (exact) mass is 365 g/mol. The van der Waals surface area contributed by atoms with E-state index in [2.05, 4.69) is 38.1 Å². The van der Waals surface area contributed by atoms with Gasteiger partial charge in [0.15, 0.2) is 0 Å². The van der Waals surface area contributed by atoms with Gasteiger partial charge in [-0.1, -0.05) is 6.92 Å². The van der Waals surface area contributed by atoms with Crippen LogP contribution in [-0.2, 0) is 6.18 Å². The van der Waals surface area contributed by atoms with Crippen LogP contribution in [0.4, 0.5) is 19.0 Å². The van der Waals surface area contributed by atoms with Gasteiger partial charge in [0, 0.05) is 23.8 Å². The van der Waals surface area contributed by atoms with Crippen LogP contribution in [-0.4, -0.2) is 36.1 Å². The number of aromatic nitrogens is 1. The molecule has 0 aromatic carbocycles. The lowest BCUT2D eigenvalue weighted by atomic mass is 9.99. The Labute approximate surface area is 131 Å². The van der Waals surface area contributed by atoms with E-state index in [1.54, 1.807) is 0 Å². The van der Waals surface area contributed by atoms with Gasteiger partial charge in [0.2, 0.25) is 0 Å². The van der Waals surface area contributed by atoms with Crippen LogP contribution in [0.15, 0.2) is 16.7 Å². The first kappa shape index (κ1) is 16.5. The number of hydrogen-bond acceptors (Lipinski definition) is 3. The maximum atomic E-state index is 12.9. The van der Waals surface area contributed by atoms with Gasteiger partial charge in [-0.05, 0) is 53.8 Å². The summed E-state index contributed by atoms with van der Waals surface area (Å²) >= 11 is 3.03. The highest BCUT2D eigenvalue weighted by molar-refractivity contribution is 9.10. The summed E-state index contributed by atoms with van der Waals surface area (Å²) in [5.41, 5.74) is -0.732. The van der Waals surface area contributed by atoms with Gasteiger partial charge in [0.05, 0.1) is 5.56 Å². The minimum atomic E-state index is -4.40. The van der Waals surface area contributed by atoms with Crippen LogP contribution in [0.2, 0.25) is 0 Å². The van der Waals surface area contributed by atoms with E-state index in [0.717, 1.165) is 44.5 Å². The van der Waals surface area contributed by atoms with E-state index >= 15 is 0 Å². The zero-order valence-electron chi connectivity index (χ0n) is 11.9. The summed E-state index contributed by atoms with van der Waals surface area (Å²) < 4.78 is 39.2. The van der Waals surface area contributed by atoms with Gasteiger partial charge in [0.1, 0.15) is 5.82 Å². The molecule has 118 valence electrons. The molecule has 0 saturated carbocycles. The molecule has 0 aliphatic carbocycles. The second kappa shape index (κ2) is 6.96. The molecule has 1 aliphatic heterocycles. The van der Waals surface area contributed by atoms with Crippen molar-refractivity contribution in [1.82, 2.24) is 9.88 Å². The van der Waals surface area contributed by atoms with Crippen LogP contribution in [0, 0.1) is 5.92 Å². The number of nitrogens with zero attached hydrogens (tertiary/aromatic N) is 2. The molecular weight excluding hydrogens is 347 g/mol. The van der Waals surface area contributed by atoms with Crippen LogP contribution in [0.25, 0.3) is 0 Å². The summed E-state index contributed by atoms with van der Waals surface area (Å²) in [6, 6.07) is 1.05. The molecule has 1 N–H and O–H groups in total. The smallest absolute Gasteiger partial charge is 0.368 e. The zero-order valence-corrected chi connectivity index (χ0v) is 13.5. The first-order valence-corrected chi connectivity index (χ1v) is 7.84. The van der Waals surface area contributed by atoms with E-state index in [4.69, 9.17) is 0 Å². The quantitative estimate of drug-likeness (QED) is 0.873. The molecule has 0 bridgehead atoms. The molecule has 7 heteroatoms. The Balaban J connectivity index is 1.91. The molecule has 0 unspecified atom stereocenters. The first-order valence-electron chi connectivity index (χ1n) is 7.05. The van der Waals surface area contributed by atoms with Gasteiger partial charge in [-0.25, -0.2) is 4.98 Å². The molecular formula is C14H19BrF3N3. The summed E-state index contributed by atoms with van der Waals surface area (Å²) in [5.74, 6) is 0.648. The van der Waals surface area contributed by atoms with Crippen LogP contribution in [0.5, 0.6) is 0 Å². The first-order chi connectivity index (χ1) is 9.86. The molecule has 0 amide bonds. The van der Waals surface area contributed by atoms with Gasteiger partial charge in [-0.2, -0.15) is 13.2 Å². The number of likely N-dealkylation sites (tertiary alicyclic amines) is 1. The molecule has 2 rings (SSSR count). The number of pyridine rings is 1. The largest absolute Gasteiger partial charge is 0.419 e. The van der Waals surface area contributed by atoms with Crippen molar-refractivity contribution in [2.24, 2.45) is 5.92 Å². The van der Waals surface area contributed by atoms with Gasteiger partial charge in [-0.3, -0.25) is 0 Å². The molecule has 2 heterocycles. The molecule has 0 spiro atoms. The Morgan fingerprint density at radius 1 is 1.38 bits per heavy atom. The summed E-state index contributed by atoms with van der Waals surface area (Å²) in [6.45, 7) is 5.47. The van der Waals surface area contributed by atoms with Gasteiger partial charge >= 0.3 is 6.18 Å². The zero-order chi connectivity index (χ0) is 15.5. The number of piperidine rings is 1. The molecule has 0 atom stereocenters. The van der Waals surface area contributed by atoms with E-state index in [9.17, 15) is 13.2 Å². The van der Waals surface area contributed by atoms with Crippen molar-refractivity contribution in [1.29, 1.82) is 0 Å². The SMILES string of the molecule is CC1CCN(CCNc2ncc(Br)cc2C(F)(F)F)CC1. The molecule has 0 radical (unpaired) electrons. The predicted octanol–water partition coefficient (Wildman–Crippen LogP) is 4.01. The molecule has 1 aromatic rings. The number of hydrogen-bond donors (Lipinski definition) is 1. The Hall–Kier alpha value is -0.820. The van der Waals surface area contributed by atoms with Gasteiger partial charge in [-0.15, -0.1) is 0 Å². The number of halogens is 4. The number of rotatable bonds is 4. The molecule has 1 aromatic heterocycles. The number of nitrogens with one attached hydrogen (secondary N) is 1. The molecule has 1 fully saturated rings. The van der Waals surface area contributed by atoms with E-state index < -0.39 is 11.7 Å². The van der Waals surface area contributed by atoms with Crippen LogP contribution in [0.3, 0.4) is 0 Å². The average molecular weight is 366 g/mol. The minimum Gasteiger partial charge on any atom is -0.368 e. The van der Waals surface area contributed by atoms with Crippen molar-refractivity contribution in [3.63, 3.8) is 0 Å². The summed E-state index contributed by atoms with van der Waals surface area (Å²) in [4.78, 5) is 6.12. The number of alkyl halides is 3. The summed E-state index contributed by atoms with van der Waals surface area (Å²) in [7, 11) is 0. The minimum absolute atomic E-state index is 0.101. The lowest BCUT2D eigenvalue weighted by Crippen LogP contribution is -2.36. The predicted molar refractivity (Wildman–Crippen MR) is 80.3 cm³/mol. The van der Waals surface area contributed by atoms with Crippen molar-refractivity contribution in [3.05, 3.63) is 22.3 Å². The molecule has 1 saturated heterocycles. The highest BCUT2D eigenvalue weighted by Crippen LogP contribution is 2.35. The standard InChI is InChI=1S/C14H19BrF3N3/c1-10-2-5-21(6-3-10)7-4-19-13-12(14(16,17)18)8-11(15)9-20-13/h8-10H,2-7H2,1H3,(H,19,20). The second-order valence-electron chi connectivity index (χ2n) is 5.50. The Kier molecular flexibility index (Phi) is 5.48. The number of anilines is 1. The highest BCUT2D eigenvalue weighted by Gasteiger charge is 2.34. The fourth-order valence-electron chi connectivity index (χ4n) is 2.41.